The zero-order valence-corrected chi connectivity index (χ0v) is 17.0. The number of fused-ring (bicyclic) bond motifs is 1. The fourth-order valence-corrected chi connectivity index (χ4v) is 4.38. The largest absolute Gasteiger partial charge is 0.325 e. The van der Waals surface area contributed by atoms with E-state index >= 15 is 0 Å². The molecule has 0 spiro atoms. The molecule has 6 nitrogen and oxygen atoms in total. The fraction of sp³-hybridized carbons (Fsp3) is 0.286. The minimum Gasteiger partial charge on any atom is -0.325 e. The second-order valence-corrected chi connectivity index (χ2v) is 7.93. The number of nitrogens with zero attached hydrogens (tertiary/aromatic N) is 3. The third-order valence-electron chi connectivity index (χ3n) is 4.94. The molecule has 3 aromatic rings. The number of hydrogen-bond donors (Lipinski definition) is 2. The van der Waals surface area contributed by atoms with Crippen LogP contribution in [0.3, 0.4) is 0 Å². The molecular weight excluding hydrogens is 389 g/mol. The van der Waals surface area contributed by atoms with Crippen LogP contribution in [-0.4, -0.2) is 26.0 Å². The van der Waals surface area contributed by atoms with Gasteiger partial charge in [-0.15, -0.1) is 10.2 Å². The highest BCUT2D eigenvalue weighted by atomic mass is 32.2. The summed E-state index contributed by atoms with van der Waals surface area (Å²) < 4.78 is 15.0. The Morgan fingerprint density at radius 1 is 1.10 bits per heavy atom. The normalized spacial score (nSPS) is 18.0. The molecule has 0 bridgehead atoms. The van der Waals surface area contributed by atoms with Gasteiger partial charge in [-0.3, -0.25) is 4.79 Å². The number of rotatable bonds is 5. The van der Waals surface area contributed by atoms with E-state index < -0.39 is 5.25 Å². The quantitative estimate of drug-likeness (QED) is 0.665. The van der Waals surface area contributed by atoms with Crippen LogP contribution in [-0.2, 0) is 17.6 Å². The van der Waals surface area contributed by atoms with E-state index in [9.17, 15) is 9.18 Å². The van der Waals surface area contributed by atoms with Gasteiger partial charge in [0.15, 0.2) is 5.82 Å². The molecule has 2 N–H and O–H groups in total. The second-order valence-electron chi connectivity index (χ2n) is 6.82. The Morgan fingerprint density at radius 2 is 1.83 bits per heavy atom. The highest BCUT2D eigenvalue weighted by Gasteiger charge is 2.37. The Hall–Kier alpha value is -2.87. The van der Waals surface area contributed by atoms with Crippen molar-refractivity contribution < 1.29 is 9.18 Å². The molecule has 0 fully saturated rings. The van der Waals surface area contributed by atoms with Crippen LogP contribution in [0.1, 0.15) is 36.8 Å². The van der Waals surface area contributed by atoms with E-state index in [2.05, 4.69) is 52.1 Å². The van der Waals surface area contributed by atoms with Gasteiger partial charge in [-0.2, -0.15) is 0 Å². The van der Waals surface area contributed by atoms with Gasteiger partial charge in [-0.05, 0) is 41.8 Å². The standard InChI is InChI=1S/C21H22FN5OS/c1-3-13-5-7-14(8-6-13)18-19(20(28)23-16-11-9-15(22)10-12-16)29-21-25-24-17(4-2)27(21)26-18/h5-12,18-19,26H,3-4H2,1-2H3,(H,23,28)/t18-,19+/m1/s1. The summed E-state index contributed by atoms with van der Waals surface area (Å²) in [4.78, 5) is 13.1. The summed E-state index contributed by atoms with van der Waals surface area (Å²) >= 11 is 1.38. The number of amides is 1. The number of benzene rings is 2. The summed E-state index contributed by atoms with van der Waals surface area (Å²) in [6.45, 7) is 4.13. The van der Waals surface area contributed by atoms with Gasteiger partial charge in [0.25, 0.3) is 0 Å². The lowest BCUT2D eigenvalue weighted by Crippen LogP contribution is -2.41. The summed E-state index contributed by atoms with van der Waals surface area (Å²) in [6.07, 6.45) is 1.69. The average molecular weight is 412 g/mol. The molecule has 0 unspecified atom stereocenters. The van der Waals surface area contributed by atoms with Crippen molar-refractivity contribution in [1.29, 1.82) is 0 Å². The molecule has 2 heterocycles. The lowest BCUT2D eigenvalue weighted by Gasteiger charge is -2.33. The van der Waals surface area contributed by atoms with Crippen LogP contribution >= 0.6 is 11.8 Å². The molecule has 0 saturated carbocycles. The number of carbonyl (C=O) groups excluding carboxylic acids is 1. The van der Waals surface area contributed by atoms with Crippen molar-refractivity contribution in [2.75, 3.05) is 10.7 Å². The monoisotopic (exact) mass is 411 g/mol. The zero-order chi connectivity index (χ0) is 20.4. The maximum atomic E-state index is 13.2. The molecular formula is C21H22FN5OS. The first-order valence-electron chi connectivity index (χ1n) is 9.61. The smallest absolute Gasteiger partial charge is 0.240 e. The summed E-state index contributed by atoms with van der Waals surface area (Å²) in [5, 5.41) is 11.5. The summed E-state index contributed by atoms with van der Waals surface area (Å²) in [5.74, 6) is 0.303. The number of halogens is 1. The van der Waals surface area contributed by atoms with Crippen LogP contribution in [0.15, 0.2) is 53.7 Å². The van der Waals surface area contributed by atoms with Crippen molar-refractivity contribution in [2.24, 2.45) is 0 Å². The predicted molar refractivity (Wildman–Crippen MR) is 112 cm³/mol. The summed E-state index contributed by atoms with van der Waals surface area (Å²) in [6, 6.07) is 13.8. The Balaban J connectivity index is 1.65. The van der Waals surface area contributed by atoms with E-state index in [1.807, 2.05) is 11.6 Å². The molecule has 0 aliphatic carbocycles. The van der Waals surface area contributed by atoms with Crippen LogP contribution in [0, 0.1) is 5.82 Å². The maximum absolute atomic E-state index is 13.2. The van der Waals surface area contributed by atoms with Crippen LogP contribution in [0.25, 0.3) is 0 Å². The SMILES string of the molecule is CCc1ccc([C@H]2Nn3c(CC)nnc3S[C@@H]2C(=O)Nc2ccc(F)cc2)cc1. The van der Waals surface area contributed by atoms with Gasteiger partial charge in [0.05, 0.1) is 6.04 Å². The number of thioether (sulfide) groups is 1. The van der Waals surface area contributed by atoms with Crippen molar-refractivity contribution in [3.05, 3.63) is 71.3 Å². The van der Waals surface area contributed by atoms with Crippen molar-refractivity contribution >= 4 is 23.4 Å². The molecule has 1 aliphatic heterocycles. The fourth-order valence-electron chi connectivity index (χ4n) is 3.29. The summed E-state index contributed by atoms with van der Waals surface area (Å²) in [5.41, 5.74) is 6.23. The number of aromatic nitrogens is 3. The van der Waals surface area contributed by atoms with Gasteiger partial charge in [0.1, 0.15) is 11.1 Å². The molecule has 29 heavy (non-hydrogen) atoms. The number of nitrogens with one attached hydrogen (secondary N) is 2. The topological polar surface area (TPSA) is 71.8 Å². The molecule has 8 heteroatoms. The molecule has 1 aliphatic rings. The van der Waals surface area contributed by atoms with Crippen LogP contribution in [0.4, 0.5) is 10.1 Å². The number of aryl methyl sites for hydroxylation is 2. The highest BCUT2D eigenvalue weighted by molar-refractivity contribution is 8.00. The number of anilines is 1. The van der Waals surface area contributed by atoms with E-state index in [0.29, 0.717) is 10.8 Å². The first-order valence-corrected chi connectivity index (χ1v) is 10.5. The minimum atomic E-state index is -0.464. The second kappa shape index (κ2) is 8.24. The third-order valence-corrected chi connectivity index (χ3v) is 6.15. The van der Waals surface area contributed by atoms with Crippen molar-refractivity contribution in [2.45, 2.75) is 43.1 Å². The van der Waals surface area contributed by atoms with Crippen molar-refractivity contribution in [3.63, 3.8) is 0 Å². The molecule has 1 amide bonds. The first-order chi connectivity index (χ1) is 14.1. The molecule has 4 rings (SSSR count). The average Bonchev–Trinajstić information content (AvgIpc) is 3.16. The minimum absolute atomic E-state index is 0.175. The van der Waals surface area contributed by atoms with Crippen molar-refractivity contribution in [3.8, 4) is 0 Å². The van der Waals surface area contributed by atoms with E-state index in [-0.39, 0.29) is 17.8 Å². The van der Waals surface area contributed by atoms with Crippen molar-refractivity contribution in [1.82, 2.24) is 14.9 Å². The Bertz CT molecular complexity index is 1000. The zero-order valence-electron chi connectivity index (χ0n) is 16.2. The van der Waals surface area contributed by atoms with Gasteiger partial charge >= 0.3 is 0 Å². The first kappa shape index (κ1) is 19.4. The lowest BCUT2D eigenvalue weighted by atomic mass is 10.0. The third kappa shape index (κ3) is 3.98. The molecule has 0 saturated heterocycles. The van der Waals surface area contributed by atoms with Gasteiger partial charge in [0.2, 0.25) is 11.1 Å². The lowest BCUT2D eigenvalue weighted by molar-refractivity contribution is -0.116. The van der Waals surface area contributed by atoms with Crippen LogP contribution in [0.2, 0.25) is 0 Å². The van der Waals surface area contributed by atoms with Gasteiger partial charge in [-0.25, -0.2) is 9.07 Å². The summed E-state index contributed by atoms with van der Waals surface area (Å²) in [7, 11) is 0. The van der Waals surface area contributed by atoms with Gasteiger partial charge < -0.3 is 10.7 Å². The van der Waals surface area contributed by atoms with E-state index in [4.69, 9.17) is 0 Å². The Labute approximate surface area is 172 Å². The molecule has 1 aromatic heterocycles. The molecule has 150 valence electrons. The van der Waals surface area contributed by atoms with Gasteiger partial charge in [0, 0.05) is 12.1 Å². The van der Waals surface area contributed by atoms with E-state index in [0.717, 1.165) is 24.2 Å². The highest BCUT2D eigenvalue weighted by Crippen LogP contribution is 2.37. The number of carbonyl (C=O) groups is 1. The maximum Gasteiger partial charge on any atom is 0.240 e. The molecule has 0 radical (unpaired) electrons. The Morgan fingerprint density at radius 3 is 2.48 bits per heavy atom. The van der Waals surface area contributed by atoms with Gasteiger partial charge in [-0.1, -0.05) is 49.9 Å². The van der Waals surface area contributed by atoms with E-state index in [1.54, 1.807) is 12.1 Å². The predicted octanol–water partition coefficient (Wildman–Crippen LogP) is 3.94. The number of hydrogen-bond acceptors (Lipinski definition) is 5. The van der Waals surface area contributed by atoms with Crippen LogP contribution in [0.5, 0.6) is 0 Å². The Kier molecular flexibility index (Phi) is 5.53. The van der Waals surface area contributed by atoms with E-state index in [1.165, 1.54) is 29.5 Å². The molecule has 2 atom stereocenters. The molecule has 2 aromatic carbocycles. The van der Waals surface area contributed by atoms with Crippen LogP contribution < -0.4 is 10.7 Å².